The Labute approximate surface area is 124 Å². The van der Waals surface area contributed by atoms with Gasteiger partial charge in [-0.3, -0.25) is 4.79 Å². The highest BCUT2D eigenvalue weighted by atomic mass is 16.2. The summed E-state index contributed by atoms with van der Waals surface area (Å²) in [5.74, 6) is -0.0410. The maximum absolute atomic E-state index is 12.5. The Balaban J connectivity index is 1.80. The summed E-state index contributed by atoms with van der Waals surface area (Å²) in [4.78, 5) is 18.8. The number of aromatic nitrogens is 1. The number of rotatable bonds is 1. The molecule has 0 unspecified atom stereocenters. The van der Waals surface area contributed by atoms with Crippen LogP contribution in [0.2, 0.25) is 0 Å². The van der Waals surface area contributed by atoms with Gasteiger partial charge in [0.05, 0.1) is 17.0 Å². The summed E-state index contributed by atoms with van der Waals surface area (Å²) in [5, 5.41) is 10.2. The molecule has 1 aliphatic rings. The summed E-state index contributed by atoms with van der Waals surface area (Å²) in [7, 11) is 0. The number of hydrogen-bond acceptors (Lipinski definition) is 3. The van der Waals surface area contributed by atoms with Crippen molar-refractivity contribution in [3.05, 3.63) is 42.1 Å². The number of amides is 1. The van der Waals surface area contributed by atoms with E-state index in [0.717, 1.165) is 23.7 Å². The Bertz CT molecular complexity index is 724. The van der Waals surface area contributed by atoms with Gasteiger partial charge in [-0.2, -0.15) is 5.26 Å². The molecule has 1 fully saturated rings. The number of carbonyl (C=O) groups excluding carboxylic acids is 1. The predicted octanol–water partition coefficient (Wildman–Crippen LogP) is 3.00. The van der Waals surface area contributed by atoms with Crippen molar-refractivity contribution in [3.63, 3.8) is 0 Å². The van der Waals surface area contributed by atoms with Gasteiger partial charge in [-0.05, 0) is 31.9 Å². The second-order valence-corrected chi connectivity index (χ2v) is 5.85. The second kappa shape index (κ2) is 5.17. The molecule has 1 saturated heterocycles. The molecule has 0 N–H and O–H groups in total. The third-order valence-electron chi connectivity index (χ3n) is 4.24. The average molecular weight is 279 g/mol. The van der Waals surface area contributed by atoms with Crippen LogP contribution < -0.4 is 0 Å². The highest BCUT2D eigenvalue weighted by molar-refractivity contribution is 5.95. The van der Waals surface area contributed by atoms with Crippen molar-refractivity contribution < 1.29 is 4.79 Å². The van der Waals surface area contributed by atoms with E-state index in [1.54, 1.807) is 11.0 Å². The Morgan fingerprint density at radius 2 is 1.95 bits per heavy atom. The first-order chi connectivity index (χ1) is 10.1. The van der Waals surface area contributed by atoms with Crippen LogP contribution in [0.5, 0.6) is 0 Å². The van der Waals surface area contributed by atoms with Crippen LogP contribution in [0, 0.1) is 16.7 Å². The van der Waals surface area contributed by atoms with E-state index >= 15 is 0 Å². The van der Waals surface area contributed by atoms with Gasteiger partial charge < -0.3 is 4.90 Å². The van der Waals surface area contributed by atoms with Crippen LogP contribution in [0.15, 0.2) is 36.4 Å². The lowest BCUT2D eigenvalue weighted by atomic mass is 9.82. The minimum Gasteiger partial charge on any atom is -0.337 e. The third kappa shape index (κ3) is 2.59. The largest absolute Gasteiger partial charge is 0.337 e. The molecule has 21 heavy (non-hydrogen) atoms. The molecule has 0 atom stereocenters. The molecular weight excluding hydrogens is 262 g/mol. The molecule has 106 valence electrons. The second-order valence-electron chi connectivity index (χ2n) is 5.85. The fourth-order valence-electron chi connectivity index (χ4n) is 2.66. The number of carbonyl (C=O) groups is 1. The van der Waals surface area contributed by atoms with Gasteiger partial charge in [0.2, 0.25) is 0 Å². The van der Waals surface area contributed by atoms with Crippen molar-refractivity contribution in [2.75, 3.05) is 13.1 Å². The molecule has 0 spiro atoms. The molecule has 1 amide bonds. The summed E-state index contributed by atoms with van der Waals surface area (Å²) in [5.41, 5.74) is 1.02. The lowest BCUT2D eigenvalue weighted by molar-refractivity contribution is 0.0656. The average Bonchev–Trinajstić information content (AvgIpc) is 2.54. The number of nitrogens with zero attached hydrogens (tertiary/aromatic N) is 3. The van der Waals surface area contributed by atoms with E-state index in [2.05, 4.69) is 11.1 Å². The Kier molecular flexibility index (Phi) is 3.34. The molecule has 1 aromatic carbocycles. The zero-order valence-corrected chi connectivity index (χ0v) is 12.0. The number of nitriles is 1. The number of likely N-dealkylation sites (tertiary alicyclic amines) is 1. The van der Waals surface area contributed by atoms with Crippen LogP contribution in [-0.2, 0) is 0 Å². The number of benzene rings is 1. The lowest BCUT2D eigenvalue weighted by Gasteiger charge is -2.34. The fourth-order valence-corrected chi connectivity index (χ4v) is 2.66. The van der Waals surface area contributed by atoms with Crippen LogP contribution in [-0.4, -0.2) is 28.9 Å². The molecular formula is C17H17N3O. The van der Waals surface area contributed by atoms with E-state index in [1.807, 2.05) is 37.3 Å². The van der Waals surface area contributed by atoms with Crippen LogP contribution in [0.4, 0.5) is 0 Å². The van der Waals surface area contributed by atoms with Crippen molar-refractivity contribution in [1.82, 2.24) is 9.88 Å². The maximum Gasteiger partial charge on any atom is 0.272 e. The topological polar surface area (TPSA) is 57.0 Å². The summed E-state index contributed by atoms with van der Waals surface area (Å²) in [6.07, 6.45) is 1.45. The molecule has 4 heteroatoms. The Hall–Kier alpha value is -2.41. The zero-order valence-electron chi connectivity index (χ0n) is 12.0. The first-order valence-electron chi connectivity index (χ1n) is 7.18. The summed E-state index contributed by atoms with van der Waals surface area (Å²) >= 11 is 0. The fraction of sp³-hybridized carbons (Fsp3) is 0.353. The third-order valence-corrected chi connectivity index (χ3v) is 4.24. The van der Waals surface area contributed by atoms with Gasteiger partial charge in [-0.25, -0.2) is 4.98 Å². The first kappa shape index (κ1) is 13.6. The quantitative estimate of drug-likeness (QED) is 0.806. The molecule has 0 radical (unpaired) electrons. The molecule has 0 bridgehead atoms. The van der Waals surface area contributed by atoms with Gasteiger partial charge in [0.15, 0.2) is 0 Å². The van der Waals surface area contributed by atoms with Crippen LogP contribution >= 0.6 is 0 Å². The first-order valence-corrected chi connectivity index (χ1v) is 7.18. The molecule has 1 aliphatic heterocycles. The molecule has 0 saturated carbocycles. The highest BCUT2D eigenvalue weighted by Gasteiger charge is 2.32. The molecule has 0 aliphatic carbocycles. The van der Waals surface area contributed by atoms with E-state index in [9.17, 15) is 4.79 Å². The predicted molar refractivity (Wildman–Crippen MR) is 80.6 cm³/mol. The van der Waals surface area contributed by atoms with Gasteiger partial charge in [-0.1, -0.05) is 24.3 Å². The zero-order chi connectivity index (χ0) is 14.9. The van der Waals surface area contributed by atoms with Crippen LogP contribution in [0.3, 0.4) is 0 Å². The smallest absolute Gasteiger partial charge is 0.272 e. The van der Waals surface area contributed by atoms with Gasteiger partial charge in [0, 0.05) is 18.5 Å². The van der Waals surface area contributed by atoms with E-state index < -0.39 is 0 Å². The van der Waals surface area contributed by atoms with E-state index in [-0.39, 0.29) is 11.3 Å². The monoisotopic (exact) mass is 279 g/mol. The van der Waals surface area contributed by atoms with Crippen molar-refractivity contribution in [2.45, 2.75) is 19.8 Å². The van der Waals surface area contributed by atoms with Gasteiger partial charge in [0.1, 0.15) is 5.69 Å². The number of hydrogen-bond donors (Lipinski definition) is 0. The summed E-state index contributed by atoms with van der Waals surface area (Å²) in [6, 6.07) is 13.8. The van der Waals surface area contributed by atoms with Gasteiger partial charge >= 0.3 is 0 Å². The Morgan fingerprint density at radius 3 is 2.67 bits per heavy atom. The Morgan fingerprint density at radius 1 is 1.24 bits per heavy atom. The van der Waals surface area contributed by atoms with Crippen molar-refractivity contribution >= 4 is 16.8 Å². The normalized spacial score (nSPS) is 17.4. The van der Waals surface area contributed by atoms with E-state index in [4.69, 9.17) is 5.26 Å². The van der Waals surface area contributed by atoms with Crippen molar-refractivity contribution in [3.8, 4) is 6.07 Å². The lowest BCUT2D eigenvalue weighted by Crippen LogP contribution is -2.41. The highest BCUT2D eigenvalue weighted by Crippen LogP contribution is 2.30. The molecule has 4 nitrogen and oxygen atoms in total. The maximum atomic E-state index is 12.5. The van der Waals surface area contributed by atoms with Crippen molar-refractivity contribution in [2.24, 2.45) is 5.41 Å². The van der Waals surface area contributed by atoms with Crippen LogP contribution in [0.1, 0.15) is 30.3 Å². The minimum absolute atomic E-state index is 0.0410. The van der Waals surface area contributed by atoms with E-state index in [0.29, 0.717) is 18.8 Å². The number of para-hydroxylation sites is 1. The number of pyridine rings is 1. The van der Waals surface area contributed by atoms with E-state index in [1.165, 1.54) is 0 Å². The summed E-state index contributed by atoms with van der Waals surface area (Å²) < 4.78 is 0. The summed E-state index contributed by atoms with van der Waals surface area (Å²) in [6.45, 7) is 3.21. The van der Waals surface area contributed by atoms with Crippen LogP contribution in [0.25, 0.3) is 10.9 Å². The number of fused-ring (bicyclic) bond motifs is 1. The SMILES string of the molecule is CC1(C#N)CCN(C(=O)c2ccc3ccccc3n2)CC1. The number of piperidine rings is 1. The standard InChI is InChI=1S/C17H17N3O/c1-17(12-18)8-10-20(11-9-17)16(21)15-7-6-13-4-2-3-5-14(13)19-15/h2-7H,8-11H2,1H3. The minimum atomic E-state index is -0.298. The van der Waals surface area contributed by atoms with Crippen molar-refractivity contribution in [1.29, 1.82) is 5.26 Å². The molecule has 3 rings (SSSR count). The van der Waals surface area contributed by atoms with Gasteiger partial charge in [0.25, 0.3) is 5.91 Å². The molecule has 1 aromatic heterocycles. The molecule has 2 aromatic rings. The van der Waals surface area contributed by atoms with Gasteiger partial charge in [-0.15, -0.1) is 0 Å². The molecule has 2 heterocycles.